The molecule has 78 heavy (non-hydrogen) atoms. The zero-order valence-corrected chi connectivity index (χ0v) is 41.3. The Kier molecular flexibility index (Phi) is 16.1. The quantitative estimate of drug-likeness (QED) is 0.0690. The lowest BCUT2D eigenvalue weighted by Crippen LogP contribution is -2.30. The van der Waals surface area contributed by atoms with Gasteiger partial charge in [0, 0.05) is 68.2 Å². The van der Waals surface area contributed by atoms with Gasteiger partial charge in [0.05, 0.1) is 5.22 Å². The summed E-state index contributed by atoms with van der Waals surface area (Å²) < 4.78 is 54.6. The lowest BCUT2D eigenvalue weighted by molar-refractivity contribution is 0.434. The number of halogens is 4. The maximum atomic E-state index is 13.6. The van der Waals surface area contributed by atoms with Crippen molar-refractivity contribution in [3.05, 3.63) is 311 Å². The zero-order chi connectivity index (χ0) is 54.4. The molecule has 10 aromatic rings. The van der Waals surface area contributed by atoms with Gasteiger partial charge in [0.25, 0.3) is 0 Å². The highest BCUT2D eigenvalue weighted by Gasteiger charge is 2.26. The van der Waals surface area contributed by atoms with Crippen LogP contribution in [-0.4, -0.2) is 0 Å². The van der Waals surface area contributed by atoms with E-state index in [2.05, 4.69) is 284 Å². The first kappa shape index (κ1) is 51.7. The number of hydrogen-bond acceptors (Lipinski definition) is 6. The second kappa shape index (κ2) is 24.2. The molecule has 0 saturated heterocycles. The molecule has 0 N–H and O–H groups in total. The Labute approximate surface area is 448 Å². The molecule has 0 aliphatic heterocycles. The first-order chi connectivity index (χ1) is 38.2. The van der Waals surface area contributed by atoms with Gasteiger partial charge in [-0.15, -0.1) is 0 Å². The molecular weight excluding hydrogens is 981 g/mol. The molecule has 0 saturated carbocycles. The Balaban J connectivity index is 0.000000313. The van der Waals surface area contributed by atoms with E-state index < -0.39 is 45.1 Å². The van der Waals surface area contributed by atoms with Crippen LogP contribution in [0, 0.1) is 59.1 Å². The maximum absolute atomic E-state index is 13.6. The van der Waals surface area contributed by atoms with Crippen LogP contribution in [0.3, 0.4) is 0 Å². The molecule has 0 bridgehead atoms. The van der Waals surface area contributed by atoms with Crippen LogP contribution < -0.4 is 30.0 Å². The standard InChI is InChI=1S/C54H42N4.C12F4N4/c1-7-19-43(20-8-1)55(44-21-9-2-10-22-44)49-31-37-52(38-32-49)58(53-39-33-50(34-40-53)56(45-23-11-3-12-24-45)46-25-13-4-14-26-46)54-41-35-51(36-42-54)57(47-27-15-5-16-28-47)48-29-17-6-18-30-48;1-19-12(20-2)7-10(15)8(13)6(5(3-17)4-18)9(14)11(7)16/h1-42H;. The summed E-state index contributed by atoms with van der Waals surface area (Å²) in [4.78, 5) is 14.1. The van der Waals surface area contributed by atoms with Crippen molar-refractivity contribution in [2.75, 3.05) is 19.6 Å². The largest absolute Gasteiger partial charge is 0.532 e. The van der Waals surface area contributed by atoms with Crippen molar-refractivity contribution in [3.8, 4) is 12.1 Å². The van der Waals surface area contributed by atoms with Crippen LogP contribution in [0.5, 0.6) is 0 Å². The highest BCUT2D eigenvalue weighted by Crippen LogP contribution is 2.43. The summed E-state index contributed by atoms with van der Waals surface area (Å²) >= 11 is 0. The molecule has 0 amide bonds. The van der Waals surface area contributed by atoms with E-state index in [0.29, 0.717) is 0 Å². The minimum Gasteiger partial charge on any atom is -0.311 e. The average molecular weight is 1020 g/mol. The van der Waals surface area contributed by atoms with Gasteiger partial charge in [-0.2, -0.15) is 20.2 Å². The number of nitrogens with zero attached hydrogens (tertiary/aromatic N) is 8. The molecule has 12 heteroatoms. The van der Waals surface area contributed by atoms with Crippen molar-refractivity contribution in [2.45, 2.75) is 0 Å². The molecule has 8 nitrogen and oxygen atoms in total. The molecule has 0 aromatic heterocycles. The van der Waals surface area contributed by atoms with E-state index in [-0.39, 0.29) is 0 Å². The summed E-state index contributed by atoms with van der Waals surface area (Å²) in [6, 6.07) is 92.0. The number of para-hydroxylation sites is 6. The van der Waals surface area contributed by atoms with Crippen LogP contribution in [0.1, 0.15) is 0 Å². The minimum atomic E-state index is -2.01. The van der Waals surface area contributed by atoms with Crippen molar-refractivity contribution in [1.29, 1.82) is 10.5 Å². The highest BCUT2D eigenvalue weighted by molar-refractivity contribution is 5.85. The Morgan fingerprint density at radius 1 is 0.282 bits per heavy atom. The second-order valence-electron chi connectivity index (χ2n) is 17.1. The minimum absolute atomic E-state index is 1.05. The summed E-state index contributed by atoms with van der Waals surface area (Å²) in [5.74, 6) is -9.25. The van der Waals surface area contributed by atoms with Gasteiger partial charge < -0.3 is 19.6 Å². The third-order valence-electron chi connectivity index (χ3n) is 12.4. The van der Waals surface area contributed by atoms with Crippen molar-refractivity contribution >= 4 is 79.6 Å². The van der Waals surface area contributed by atoms with E-state index in [0.717, 1.165) is 80.4 Å². The zero-order valence-electron chi connectivity index (χ0n) is 41.3. The van der Waals surface area contributed by atoms with E-state index >= 15 is 0 Å². The molecule has 0 spiro atoms. The number of nitriles is 2. The predicted octanol–water partition coefficient (Wildman–Crippen LogP) is 16.9. The third kappa shape index (κ3) is 11.0. The first-order valence-corrected chi connectivity index (χ1v) is 24.2. The number of hydrogen-bond donors (Lipinski definition) is 0. The predicted molar refractivity (Wildman–Crippen MR) is 302 cm³/mol. The lowest BCUT2D eigenvalue weighted by Gasteiger charge is -2.30. The van der Waals surface area contributed by atoms with Crippen LogP contribution in [0.4, 0.5) is 85.8 Å². The summed E-state index contributed by atoms with van der Waals surface area (Å²) in [6.45, 7) is 13.1. The molecule has 0 heterocycles. The summed E-state index contributed by atoms with van der Waals surface area (Å²) in [5.41, 5.74) is 11.8. The van der Waals surface area contributed by atoms with E-state index in [1.165, 1.54) is 0 Å². The summed E-state index contributed by atoms with van der Waals surface area (Å²) in [5, 5.41) is 14.0. The SMILES string of the molecule is [C-]#[N+]C([N+]#[C-])=c1c(F)c(F)c(=C(C#N)C#N)c(F)c1F.c1ccc(N(c2ccccc2)c2ccc(N(c3ccc(N(c4ccccc4)c4ccccc4)cc3)c3ccc(N(c4ccccc4)c4ccccc4)cc3)cc2)cc1. The van der Waals surface area contributed by atoms with Gasteiger partial charge in [0.1, 0.15) is 36.1 Å². The Hall–Kier alpha value is -11.2. The van der Waals surface area contributed by atoms with Gasteiger partial charge in [-0.3, -0.25) is 0 Å². The van der Waals surface area contributed by atoms with E-state index in [9.17, 15) is 17.6 Å². The number of anilines is 12. The maximum Gasteiger partial charge on any atom is 0.532 e. The molecule has 0 atom stereocenters. The van der Waals surface area contributed by atoms with Crippen LogP contribution >= 0.6 is 0 Å². The Morgan fingerprint density at radius 2 is 0.449 bits per heavy atom. The molecule has 10 rings (SSSR count). The van der Waals surface area contributed by atoms with E-state index in [4.69, 9.17) is 23.7 Å². The fraction of sp³-hybridized carbons (Fsp3) is 0. The van der Waals surface area contributed by atoms with Crippen LogP contribution in [0.2, 0.25) is 0 Å². The molecule has 0 aliphatic rings. The first-order valence-electron chi connectivity index (χ1n) is 24.2. The van der Waals surface area contributed by atoms with Crippen LogP contribution in [-0.2, 0) is 0 Å². The average Bonchev–Trinajstić information content (AvgIpc) is 3.54. The summed E-state index contributed by atoms with van der Waals surface area (Å²) in [6.07, 6.45) is 0. The molecule has 0 unspecified atom stereocenters. The van der Waals surface area contributed by atoms with Gasteiger partial charge in [-0.1, -0.05) is 109 Å². The van der Waals surface area contributed by atoms with Gasteiger partial charge in [-0.05, 0) is 146 Å². The number of benzene rings is 10. The van der Waals surface area contributed by atoms with E-state index in [1.54, 1.807) is 0 Å². The molecule has 0 radical (unpaired) electrons. The third-order valence-corrected chi connectivity index (χ3v) is 12.4. The fourth-order valence-electron chi connectivity index (χ4n) is 8.82. The normalized spacial score (nSPS) is 10.3. The van der Waals surface area contributed by atoms with Gasteiger partial charge >= 0.3 is 5.82 Å². The lowest BCUT2D eigenvalue weighted by atomic mass is 10.1. The van der Waals surface area contributed by atoms with Gasteiger partial charge in [0.15, 0.2) is 23.3 Å². The molecular formula is C66H42F4N8. The monoisotopic (exact) mass is 1020 g/mol. The Bertz CT molecular complexity index is 3420. The van der Waals surface area contributed by atoms with Crippen molar-refractivity contribution in [2.24, 2.45) is 0 Å². The van der Waals surface area contributed by atoms with Crippen molar-refractivity contribution in [3.63, 3.8) is 0 Å². The smallest absolute Gasteiger partial charge is 0.311 e. The van der Waals surface area contributed by atoms with E-state index in [1.807, 2.05) is 0 Å². The summed E-state index contributed by atoms with van der Waals surface area (Å²) in [7, 11) is 0. The second-order valence-corrected chi connectivity index (χ2v) is 17.1. The molecule has 10 aromatic carbocycles. The van der Waals surface area contributed by atoms with Crippen LogP contribution in [0.15, 0.2) is 255 Å². The van der Waals surface area contributed by atoms with Crippen LogP contribution in [0.25, 0.3) is 21.1 Å². The highest BCUT2D eigenvalue weighted by atomic mass is 19.2. The molecule has 374 valence electrons. The van der Waals surface area contributed by atoms with Gasteiger partial charge in [-0.25, -0.2) is 17.6 Å². The topological polar surface area (TPSA) is 69.3 Å². The van der Waals surface area contributed by atoms with Crippen molar-refractivity contribution < 1.29 is 17.6 Å². The van der Waals surface area contributed by atoms with Gasteiger partial charge in [0.2, 0.25) is 0 Å². The fourth-order valence-corrected chi connectivity index (χ4v) is 8.82. The molecule has 0 fully saturated rings. The Morgan fingerprint density at radius 3 is 0.615 bits per heavy atom. The van der Waals surface area contributed by atoms with Crippen molar-refractivity contribution in [1.82, 2.24) is 0 Å². The number of rotatable bonds is 12. The molecule has 0 aliphatic carbocycles.